The van der Waals surface area contributed by atoms with Gasteiger partial charge in [0.15, 0.2) is 5.69 Å². The molecule has 152 valence electrons. The van der Waals surface area contributed by atoms with E-state index in [0.717, 1.165) is 11.6 Å². The molecule has 29 heavy (non-hydrogen) atoms. The fourth-order valence-corrected chi connectivity index (χ4v) is 3.39. The van der Waals surface area contributed by atoms with Crippen molar-refractivity contribution in [1.82, 2.24) is 9.78 Å². The summed E-state index contributed by atoms with van der Waals surface area (Å²) in [7, 11) is 0. The largest absolute Gasteiger partial charge is 0.494 e. The van der Waals surface area contributed by atoms with Gasteiger partial charge < -0.3 is 4.74 Å². The van der Waals surface area contributed by atoms with Gasteiger partial charge in [0.1, 0.15) is 5.75 Å². The van der Waals surface area contributed by atoms with Crippen LogP contribution in [-0.4, -0.2) is 20.6 Å². The highest BCUT2D eigenvalue weighted by molar-refractivity contribution is 7.54. The fourth-order valence-electron chi connectivity index (χ4n) is 3.03. The van der Waals surface area contributed by atoms with E-state index in [1.54, 1.807) is 50.2 Å². The number of alkyl halides is 3. The van der Waals surface area contributed by atoms with Crippen molar-refractivity contribution in [2.75, 3.05) is 6.61 Å². The van der Waals surface area contributed by atoms with Gasteiger partial charge >= 0.3 is 6.18 Å². The maximum absolute atomic E-state index is 13.4. The lowest BCUT2D eigenvalue weighted by molar-refractivity contribution is -0.141. The van der Waals surface area contributed by atoms with Crippen LogP contribution in [0, 0.1) is 13.8 Å². The Kier molecular flexibility index (Phi) is 5.88. The third kappa shape index (κ3) is 4.24. The van der Waals surface area contributed by atoms with Gasteiger partial charge in [-0.3, -0.25) is 0 Å². The topological polar surface area (TPSA) is 56.5 Å². The van der Waals surface area contributed by atoms with Crippen molar-refractivity contribution in [2.24, 2.45) is 4.36 Å². The minimum Gasteiger partial charge on any atom is -0.494 e. The van der Waals surface area contributed by atoms with Crippen LogP contribution in [0.1, 0.15) is 23.7 Å². The number of ether oxygens (including phenoxy) is 1. The van der Waals surface area contributed by atoms with Crippen molar-refractivity contribution >= 4 is 17.2 Å². The lowest BCUT2D eigenvalue weighted by atomic mass is 10.1. The lowest BCUT2D eigenvalue weighted by Gasteiger charge is -2.13. The van der Waals surface area contributed by atoms with E-state index in [2.05, 4.69) is 9.46 Å². The zero-order chi connectivity index (χ0) is 21.2. The van der Waals surface area contributed by atoms with Crippen LogP contribution in [0.4, 0.5) is 18.9 Å². The Balaban J connectivity index is 2.22. The molecule has 1 heterocycles. The number of halogens is 3. The van der Waals surface area contributed by atoms with Gasteiger partial charge in [0, 0.05) is 11.1 Å². The van der Waals surface area contributed by atoms with E-state index in [1.807, 2.05) is 6.92 Å². The van der Waals surface area contributed by atoms with Crippen LogP contribution in [0.25, 0.3) is 16.9 Å². The van der Waals surface area contributed by atoms with Crippen LogP contribution in [0.2, 0.25) is 0 Å². The molecule has 3 aromatic rings. The number of hydrogen-bond acceptors (Lipinski definition) is 4. The van der Waals surface area contributed by atoms with Crippen LogP contribution < -0.4 is 4.74 Å². The standard InChI is InChI=1S/C20H18F3N3O2S/c1-4-28-15-8-6-14(7-9-15)17-11-18(20(21,22)23)24-26(17)16-10-5-12(2)19(13(16)3)25-29-27/h5-11H,4H2,1-3H3. The first-order valence-corrected chi connectivity index (χ1v) is 9.47. The number of nitrogens with zero attached hydrogens (tertiary/aromatic N) is 3. The Morgan fingerprint density at radius 2 is 1.83 bits per heavy atom. The Hall–Kier alpha value is -2.94. The van der Waals surface area contributed by atoms with Crippen LogP contribution in [0.5, 0.6) is 5.75 Å². The molecule has 0 unspecified atom stereocenters. The molecular weight excluding hydrogens is 403 g/mol. The third-order valence-corrected chi connectivity index (χ3v) is 4.68. The Morgan fingerprint density at radius 3 is 2.41 bits per heavy atom. The summed E-state index contributed by atoms with van der Waals surface area (Å²) < 4.78 is 61.6. The molecule has 3 rings (SSSR count). The van der Waals surface area contributed by atoms with Gasteiger partial charge in [-0.25, -0.2) is 4.68 Å². The quantitative estimate of drug-likeness (QED) is 0.539. The highest BCUT2D eigenvalue weighted by atomic mass is 32.1. The first-order valence-electron chi connectivity index (χ1n) is 8.77. The molecule has 2 aromatic carbocycles. The maximum Gasteiger partial charge on any atom is 0.435 e. The van der Waals surface area contributed by atoms with Crippen LogP contribution in [0.3, 0.4) is 0 Å². The summed E-state index contributed by atoms with van der Waals surface area (Å²) in [6.07, 6.45) is -4.60. The summed E-state index contributed by atoms with van der Waals surface area (Å²) in [4.78, 5) is 0. The van der Waals surface area contributed by atoms with Gasteiger partial charge in [0.05, 0.1) is 23.7 Å². The van der Waals surface area contributed by atoms with Crippen molar-refractivity contribution < 1.29 is 22.1 Å². The van der Waals surface area contributed by atoms with Crippen molar-refractivity contribution in [3.63, 3.8) is 0 Å². The first-order chi connectivity index (χ1) is 13.8. The average molecular weight is 421 g/mol. The SMILES string of the molecule is CCOc1ccc(-c2cc(C(F)(F)F)nn2-c2ccc(C)c(N=S=O)c2C)cc1. The predicted molar refractivity (Wildman–Crippen MR) is 105 cm³/mol. The highest BCUT2D eigenvalue weighted by Crippen LogP contribution is 2.36. The molecule has 0 atom stereocenters. The molecule has 0 spiro atoms. The molecule has 0 bridgehead atoms. The number of aromatic nitrogens is 2. The van der Waals surface area contributed by atoms with E-state index in [4.69, 9.17) is 4.74 Å². The zero-order valence-electron chi connectivity index (χ0n) is 15.9. The zero-order valence-corrected chi connectivity index (χ0v) is 16.8. The summed E-state index contributed by atoms with van der Waals surface area (Å²) in [6, 6.07) is 11.1. The van der Waals surface area contributed by atoms with Crippen LogP contribution in [-0.2, 0) is 17.6 Å². The van der Waals surface area contributed by atoms with Crippen molar-refractivity contribution in [3.05, 3.63) is 59.3 Å². The molecule has 0 aliphatic heterocycles. The summed E-state index contributed by atoms with van der Waals surface area (Å²) in [5.74, 6) is 0.624. The molecule has 5 nitrogen and oxygen atoms in total. The Morgan fingerprint density at radius 1 is 1.14 bits per heavy atom. The van der Waals surface area contributed by atoms with E-state index < -0.39 is 11.9 Å². The minimum atomic E-state index is -4.60. The van der Waals surface area contributed by atoms with E-state index in [9.17, 15) is 17.4 Å². The van der Waals surface area contributed by atoms with Crippen molar-refractivity contribution in [3.8, 4) is 22.7 Å². The molecule has 0 saturated heterocycles. The molecule has 0 aliphatic carbocycles. The molecule has 0 radical (unpaired) electrons. The van der Waals surface area contributed by atoms with E-state index in [1.165, 1.54) is 4.68 Å². The highest BCUT2D eigenvalue weighted by Gasteiger charge is 2.35. The predicted octanol–water partition coefficient (Wildman–Crippen LogP) is 5.60. The number of rotatable bonds is 5. The number of aryl methyl sites for hydroxylation is 1. The average Bonchev–Trinajstić information content (AvgIpc) is 3.12. The molecular formula is C20H18F3N3O2S. The molecule has 0 amide bonds. The molecule has 1 aromatic heterocycles. The van der Waals surface area contributed by atoms with Crippen LogP contribution >= 0.6 is 0 Å². The van der Waals surface area contributed by atoms with Gasteiger partial charge in [-0.1, -0.05) is 6.07 Å². The monoisotopic (exact) mass is 421 g/mol. The van der Waals surface area contributed by atoms with E-state index in [-0.39, 0.29) is 17.2 Å². The second kappa shape index (κ2) is 8.20. The fraction of sp³-hybridized carbons (Fsp3) is 0.250. The number of benzene rings is 2. The Bertz CT molecular complexity index is 1090. The van der Waals surface area contributed by atoms with Gasteiger partial charge in [-0.15, -0.1) is 0 Å². The summed E-state index contributed by atoms with van der Waals surface area (Å²) >= 11 is 0.0546. The van der Waals surface area contributed by atoms with Gasteiger partial charge in [0.25, 0.3) is 0 Å². The summed E-state index contributed by atoms with van der Waals surface area (Å²) in [5.41, 5.74) is 1.99. The molecule has 0 aliphatic rings. The smallest absolute Gasteiger partial charge is 0.435 e. The third-order valence-electron chi connectivity index (χ3n) is 4.42. The molecule has 0 N–H and O–H groups in total. The van der Waals surface area contributed by atoms with Crippen LogP contribution in [0.15, 0.2) is 46.8 Å². The summed E-state index contributed by atoms with van der Waals surface area (Å²) in [6.45, 7) is 5.82. The van der Waals surface area contributed by atoms with Gasteiger partial charge in [-0.2, -0.15) is 26.8 Å². The summed E-state index contributed by atoms with van der Waals surface area (Å²) in [5, 5.41) is 3.81. The van der Waals surface area contributed by atoms with E-state index >= 15 is 0 Å². The molecule has 0 saturated carbocycles. The lowest BCUT2D eigenvalue weighted by Crippen LogP contribution is -2.08. The normalized spacial score (nSPS) is 11.4. The van der Waals surface area contributed by atoms with Gasteiger partial charge in [-0.05, 0) is 62.7 Å². The van der Waals surface area contributed by atoms with Crippen molar-refractivity contribution in [1.29, 1.82) is 0 Å². The minimum absolute atomic E-state index is 0.0546. The molecule has 9 heteroatoms. The first kappa shape index (κ1) is 20.8. The number of hydrogen-bond donors (Lipinski definition) is 0. The molecule has 0 fully saturated rings. The van der Waals surface area contributed by atoms with Gasteiger partial charge in [0.2, 0.25) is 11.5 Å². The second-order valence-electron chi connectivity index (χ2n) is 6.32. The Labute approximate surface area is 169 Å². The van der Waals surface area contributed by atoms with Crippen molar-refractivity contribution in [2.45, 2.75) is 26.9 Å². The van der Waals surface area contributed by atoms with E-state index in [0.29, 0.717) is 34.9 Å². The second-order valence-corrected chi connectivity index (χ2v) is 6.65. The maximum atomic E-state index is 13.4.